The van der Waals surface area contributed by atoms with E-state index in [-0.39, 0.29) is 34.1 Å². The summed E-state index contributed by atoms with van der Waals surface area (Å²) >= 11 is 0. The third kappa shape index (κ3) is 4.97. The average Bonchev–Trinajstić information content (AvgIpc) is 2.76. The highest BCUT2D eigenvalue weighted by Crippen LogP contribution is 2.35. The first-order chi connectivity index (χ1) is 15.6. The Morgan fingerprint density at radius 3 is 2.33 bits per heavy atom. The van der Waals surface area contributed by atoms with Gasteiger partial charge in [0.25, 0.3) is 0 Å². The van der Waals surface area contributed by atoms with Gasteiger partial charge in [0.2, 0.25) is 21.8 Å². The number of nitrogens with one attached hydrogen (secondary N) is 1. The van der Waals surface area contributed by atoms with Gasteiger partial charge in [0.15, 0.2) is 0 Å². The zero-order valence-electron chi connectivity index (χ0n) is 20.1. The molecule has 33 heavy (non-hydrogen) atoms. The van der Waals surface area contributed by atoms with Crippen LogP contribution < -0.4 is 10.2 Å². The fraction of sp³-hybridized carbons (Fsp3) is 0.680. The molecule has 0 bridgehead atoms. The van der Waals surface area contributed by atoms with Crippen LogP contribution in [0.5, 0.6) is 0 Å². The minimum absolute atomic E-state index is 0.0175. The smallest absolute Gasteiger partial charge is 0.243 e. The number of sulfonamides is 1. The first-order valence-corrected chi connectivity index (χ1v) is 13.8. The molecule has 0 radical (unpaired) electrons. The van der Waals surface area contributed by atoms with E-state index in [1.807, 2.05) is 31.7 Å². The van der Waals surface area contributed by atoms with Crippen LogP contribution in [0.1, 0.15) is 71.3 Å². The standard InChI is InChI=1S/C25H37N3O4S/c1-4-25(2,3)26-23(29)18-12-15-27(16-13-18)33(31,32)21-10-11-22-20(17-21)9-6-14-28(22)24(30)19-7-5-8-19/h10-11,17-19H,4-9,12-16H2,1-3H3,(H,26,29). The lowest BCUT2D eigenvalue weighted by atomic mass is 9.83. The van der Waals surface area contributed by atoms with E-state index in [1.165, 1.54) is 4.31 Å². The summed E-state index contributed by atoms with van der Waals surface area (Å²) in [6, 6.07) is 5.21. The second-order valence-electron chi connectivity index (χ2n) is 10.4. The van der Waals surface area contributed by atoms with Crippen LogP contribution in [0.15, 0.2) is 23.1 Å². The van der Waals surface area contributed by atoms with E-state index in [4.69, 9.17) is 0 Å². The van der Waals surface area contributed by atoms with Crippen molar-refractivity contribution in [3.63, 3.8) is 0 Å². The third-order valence-electron chi connectivity index (χ3n) is 7.70. The first kappa shape index (κ1) is 24.2. The lowest BCUT2D eigenvalue weighted by Gasteiger charge is -2.36. The van der Waals surface area contributed by atoms with E-state index in [0.29, 0.717) is 32.5 Å². The van der Waals surface area contributed by atoms with Crippen molar-refractivity contribution in [1.82, 2.24) is 9.62 Å². The fourth-order valence-corrected chi connectivity index (χ4v) is 6.39. The second kappa shape index (κ2) is 9.37. The summed E-state index contributed by atoms with van der Waals surface area (Å²) in [5, 5.41) is 3.09. The van der Waals surface area contributed by atoms with Gasteiger partial charge in [-0.2, -0.15) is 4.31 Å². The Hall–Kier alpha value is -1.93. The molecule has 4 rings (SSSR count). The quantitative estimate of drug-likeness (QED) is 0.683. The maximum absolute atomic E-state index is 13.3. The molecule has 1 saturated carbocycles. The second-order valence-corrected chi connectivity index (χ2v) is 12.4. The van der Waals surface area contributed by atoms with Crippen molar-refractivity contribution in [2.45, 2.75) is 82.6 Å². The minimum atomic E-state index is -3.63. The van der Waals surface area contributed by atoms with Crippen LogP contribution in [-0.4, -0.2) is 49.7 Å². The highest BCUT2D eigenvalue weighted by molar-refractivity contribution is 7.89. The molecular formula is C25H37N3O4S. The largest absolute Gasteiger partial charge is 0.351 e. The predicted molar refractivity (Wildman–Crippen MR) is 128 cm³/mol. The zero-order valence-corrected chi connectivity index (χ0v) is 20.9. The van der Waals surface area contributed by atoms with Crippen LogP contribution in [0.4, 0.5) is 5.69 Å². The van der Waals surface area contributed by atoms with Gasteiger partial charge in [-0.1, -0.05) is 13.3 Å². The Labute approximate surface area is 198 Å². The Kier molecular flexibility index (Phi) is 6.87. The van der Waals surface area contributed by atoms with E-state index in [0.717, 1.165) is 49.8 Å². The maximum atomic E-state index is 13.3. The summed E-state index contributed by atoms with van der Waals surface area (Å²) in [5.41, 5.74) is 1.55. The van der Waals surface area contributed by atoms with Gasteiger partial charge in [-0.15, -0.1) is 0 Å². The number of carbonyl (C=O) groups excluding carboxylic acids is 2. The molecule has 1 aromatic rings. The number of carbonyl (C=O) groups is 2. The first-order valence-electron chi connectivity index (χ1n) is 12.4. The third-order valence-corrected chi connectivity index (χ3v) is 9.59. The molecule has 1 N–H and O–H groups in total. The molecule has 7 nitrogen and oxygen atoms in total. The zero-order chi connectivity index (χ0) is 23.8. The molecule has 2 fully saturated rings. The van der Waals surface area contributed by atoms with Crippen molar-refractivity contribution < 1.29 is 18.0 Å². The normalized spacial score (nSPS) is 20.8. The van der Waals surface area contributed by atoms with E-state index in [1.54, 1.807) is 12.1 Å². The topological polar surface area (TPSA) is 86.8 Å². The molecule has 2 heterocycles. The molecule has 1 aliphatic carbocycles. The van der Waals surface area contributed by atoms with Gasteiger partial charge in [0.1, 0.15) is 0 Å². The van der Waals surface area contributed by atoms with E-state index < -0.39 is 10.0 Å². The van der Waals surface area contributed by atoms with Crippen molar-refractivity contribution in [3.05, 3.63) is 23.8 Å². The van der Waals surface area contributed by atoms with Gasteiger partial charge in [-0.05, 0) is 82.6 Å². The number of fused-ring (bicyclic) bond motifs is 1. The number of hydrogen-bond acceptors (Lipinski definition) is 4. The van der Waals surface area contributed by atoms with E-state index in [2.05, 4.69) is 5.32 Å². The summed E-state index contributed by atoms with van der Waals surface area (Å²) in [4.78, 5) is 27.6. The van der Waals surface area contributed by atoms with Crippen LogP contribution in [-0.2, 0) is 26.0 Å². The molecule has 0 unspecified atom stereocenters. The number of piperidine rings is 1. The molecule has 2 amide bonds. The van der Waals surface area contributed by atoms with Crippen molar-refractivity contribution in [3.8, 4) is 0 Å². The molecule has 1 aromatic carbocycles. The summed E-state index contributed by atoms with van der Waals surface area (Å²) in [6.07, 6.45) is 6.56. The van der Waals surface area contributed by atoms with Crippen molar-refractivity contribution in [2.75, 3.05) is 24.5 Å². The number of amides is 2. The van der Waals surface area contributed by atoms with Crippen molar-refractivity contribution in [2.24, 2.45) is 11.8 Å². The molecule has 2 aliphatic heterocycles. The van der Waals surface area contributed by atoms with E-state index >= 15 is 0 Å². The molecule has 8 heteroatoms. The van der Waals surface area contributed by atoms with Crippen LogP contribution in [0.2, 0.25) is 0 Å². The Balaban J connectivity index is 1.44. The minimum Gasteiger partial charge on any atom is -0.351 e. The van der Waals surface area contributed by atoms with Crippen molar-refractivity contribution in [1.29, 1.82) is 0 Å². The highest BCUT2D eigenvalue weighted by atomic mass is 32.2. The molecular weight excluding hydrogens is 438 g/mol. The Morgan fingerprint density at radius 1 is 1.03 bits per heavy atom. The SMILES string of the molecule is CCC(C)(C)NC(=O)C1CCN(S(=O)(=O)c2ccc3c(c2)CCCN3C(=O)C2CCC2)CC1. The summed E-state index contributed by atoms with van der Waals surface area (Å²) in [6.45, 7) is 7.44. The summed E-state index contributed by atoms with van der Waals surface area (Å²) in [7, 11) is -3.63. The highest BCUT2D eigenvalue weighted by Gasteiger charge is 2.35. The molecule has 3 aliphatic rings. The number of nitrogens with zero attached hydrogens (tertiary/aromatic N) is 2. The fourth-order valence-electron chi connectivity index (χ4n) is 4.87. The van der Waals surface area contributed by atoms with Crippen LogP contribution >= 0.6 is 0 Å². The average molecular weight is 476 g/mol. The summed E-state index contributed by atoms with van der Waals surface area (Å²) in [5.74, 6) is 0.172. The van der Waals surface area contributed by atoms with Crippen molar-refractivity contribution >= 4 is 27.5 Å². The number of benzene rings is 1. The monoisotopic (exact) mass is 475 g/mol. The predicted octanol–water partition coefficient (Wildman–Crippen LogP) is 3.47. The molecule has 0 aromatic heterocycles. The van der Waals surface area contributed by atoms with Crippen LogP contribution in [0.3, 0.4) is 0 Å². The van der Waals surface area contributed by atoms with E-state index in [9.17, 15) is 18.0 Å². The molecule has 1 saturated heterocycles. The molecule has 0 atom stereocenters. The van der Waals surface area contributed by atoms with Gasteiger partial charge < -0.3 is 10.2 Å². The number of hydrogen-bond donors (Lipinski definition) is 1. The number of rotatable bonds is 6. The molecule has 0 spiro atoms. The number of anilines is 1. The Bertz CT molecular complexity index is 1010. The lowest BCUT2D eigenvalue weighted by molar-refractivity contribution is -0.128. The Morgan fingerprint density at radius 2 is 1.73 bits per heavy atom. The van der Waals surface area contributed by atoms with Gasteiger partial charge in [0, 0.05) is 42.7 Å². The number of aryl methyl sites for hydroxylation is 1. The van der Waals surface area contributed by atoms with Gasteiger partial charge in [0.05, 0.1) is 4.90 Å². The molecule has 182 valence electrons. The van der Waals surface area contributed by atoms with Crippen LogP contribution in [0.25, 0.3) is 0 Å². The van der Waals surface area contributed by atoms with Crippen LogP contribution in [0, 0.1) is 11.8 Å². The van der Waals surface area contributed by atoms with Gasteiger partial charge in [-0.3, -0.25) is 9.59 Å². The summed E-state index contributed by atoms with van der Waals surface area (Å²) < 4.78 is 28.2. The van der Waals surface area contributed by atoms with Gasteiger partial charge in [-0.25, -0.2) is 8.42 Å². The lowest BCUT2D eigenvalue weighted by Crippen LogP contribution is -2.48. The van der Waals surface area contributed by atoms with Gasteiger partial charge >= 0.3 is 0 Å². The maximum Gasteiger partial charge on any atom is 0.243 e.